The van der Waals surface area contributed by atoms with Gasteiger partial charge in [-0.15, -0.1) is 0 Å². The standard InChI is InChI=1S/C20H23N5/c1-3-25(15-18-7-5-4-6-8-18)20-23-16(2)13-19(24-20)22-14-17-9-11-21-12-10-17/h4-13H,3,14-15H2,1-2H3,(H,22,23,24). The number of nitrogens with zero attached hydrogens (tertiary/aromatic N) is 4. The highest BCUT2D eigenvalue weighted by atomic mass is 15.3. The van der Waals surface area contributed by atoms with Gasteiger partial charge in [0.25, 0.3) is 0 Å². The van der Waals surface area contributed by atoms with Crippen LogP contribution in [-0.4, -0.2) is 21.5 Å². The Kier molecular flexibility index (Phi) is 5.57. The molecule has 128 valence electrons. The largest absolute Gasteiger partial charge is 0.366 e. The quantitative estimate of drug-likeness (QED) is 0.712. The van der Waals surface area contributed by atoms with Crippen LogP contribution in [0, 0.1) is 6.92 Å². The van der Waals surface area contributed by atoms with Gasteiger partial charge in [0.05, 0.1) is 0 Å². The summed E-state index contributed by atoms with van der Waals surface area (Å²) in [5.41, 5.74) is 3.37. The van der Waals surface area contributed by atoms with E-state index in [2.05, 4.69) is 51.4 Å². The molecule has 0 amide bonds. The molecule has 0 aliphatic carbocycles. The van der Waals surface area contributed by atoms with E-state index in [1.54, 1.807) is 12.4 Å². The van der Waals surface area contributed by atoms with Gasteiger partial charge in [-0.3, -0.25) is 4.98 Å². The summed E-state index contributed by atoms with van der Waals surface area (Å²) in [5.74, 6) is 1.59. The molecule has 0 saturated heterocycles. The number of nitrogens with one attached hydrogen (secondary N) is 1. The fourth-order valence-corrected chi connectivity index (χ4v) is 2.61. The second kappa shape index (κ2) is 8.24. The number of pyridine rings is 1. The van der Waals surface area contributed by atoms with Crippen LogP contribution in [0.1, 0.15) is 23.7 Å². The summed E-state index contributed by atoms with van der Waals surface area (Å²) >= 11 is 0. The van der Waals surface area contributed by atoms with Gasteiger partial charge in [0, 0.05) is 43.8 Å². The average molecular weight is 333 g/mol. The first-order chi connectivity index (χ1) is 12.2. The van der Waals surface area contributed by atoms with Crippen LogP contribution in [0.4, 0.5) is 11.8 Å². The minimum atomic E-state index is 0.712. The van der Waals surface area contributed by atoms with Crippen LogP contribution in [0.25, 0.3) is 0 Å². The number of benzene rings is 1. The third-order valence-corrected chi connectivity index (χ3v) is 3.95. The van der Waals surface area contributed by atoms with E-state index in [9.17, 15) is 0 Å². The zero-order chi connectivity index (χ0) is 17.5. The lowest BCUT2D eigenvalue weighted by atomic mass is 10.2. The van der Waals surface area contributed by atoms with Crippen molar-refractivity contribution in [3.05, 3.63) is 77.7 Å². The smallest absolute Gasteiger partial charge is 0.227 e. The van der Waals surface area contributed by atoms with E-state index in [0.717, 1.165) is 30.5 Å². The molecule has 1 aromatic carbocycles. The van der Waals surface area contributed by atoms with Crippen LogP contribution in [0.2, 0.25) is 0 Å². The molecule has 0 spiro atoms. The molecule has 0 aliphatic rings. The maximum atomic E-state index is 4.70. The molecule has 3 rings (SSSR count). The molecule has 2 aromatic heterocycles. The molecule has 25 heavy (non-hydrogen) atoms. The Balaban J connectivity index is 1.75. The summed E-state index contributed by atoms with van der Waals surface area (Å²) < 4.78 is 0. The van der Waals surface area contributed by atoms with E-state index >= 15 is 0 Å². The molecule has 0 bridgehead atoms. The Morgan fingerprint density at radius 1 is 0.960 bits per heavy atom. The van der Waals surface area contributed by atoms with Crippen molar-refractivity contribution in [2.75, 3.05) is 16.8 Å². The molecule has 3 aromatic rings. The van der Waals surface area contributed by atoms with E-state index in [1.807, 2.05) is 31.2 Å². The van der Waals surface area contributed by atoms with Crippen LogP contribution in [0.5, 0.6) is 0 Å². The monoisotopic (exact) mass is 333 g/mol. The highest BCUT2D eigenvalue weighted by Crippen LogP contribution is 2.17. The summed E-state index contributed by atoms with van der Waals surface area (Å²) in [4.78, 5) is 15.5. The number of rotatable bonds is 7. The van der Waals surface area contributed by atoms with Crippen LogP contribution in [0.15, 0.2) is 60.9 Å². The van der Waals surface area contributed by atoms with Crippen LogP contribution >= 0.6 is 0 Å². The van der Waals surface area contributed by atoms with Gasteiger partial charge in [-0.25, -0.2) is 4.98 Å². The molecule has 0 atom stereocenters. The highest BCUT2D eigenvalue weighted by molar-refractivity contribution is 5.44. The maximum Gasteiger partial charge on any atom is 0.227 e. The predicted octanol–water partition coefficient (Wildman–Crippen LogP) is 3.82. The Bertz CT molecular complexity index is 790. The molecule has 0 fully saturated rings. The van der Waals surface area contributed by atoms with Gasteiger partial charge in [0.2, 0.25) is 5.95 Å². The molecule has 1 N–H and O–H groups in total. The topological polar surface area (TPSA) is 53.9 Å². The number of aromatic nitrogens is 3. The third kappa shape index (κ3) is 4.76. The minimum absolute atomic E-state index is 0.712. The zero-order valence-electron chi connectivity index (χ0n) is 14.7. The molecular formula is C20H23N5. The Hall–Kier alpha value is -2.95. The summed E-state index contributed by atoms with van der Waals surface area (Å²) in [6.07, 6.45) is 3.60. The molecule has 0 saturated carbocycles. The van der Waals surface area contributed by atoms with Crippen molar-refractivity contribution in [1.82, 2.24) is 15.0 Å². The van der Waals surface area contributed by atoms with Crippen molar-refractivity contribution in [2.24, 2.45) is 0 Å². The normalized spacial score (nSPS) is 10.5. The molecular weight excluding hydrogens is 310 g/mol. The lowest BCUT2D eigenvalue weighted by Gasteiger charge is -2.22. The third-order valence-electron chi connectivity index (χ3n) is 3.95. The van der Waals surface area contributed by atoms with Crippen LogP contribution in [-0.2, 0) is 13.1 Å². The van der Waals surface area contributed by atoms with Crippen molar-refractivity contribution in [1.29, 1.82) is 0 Å². The van der Waals surface area contributed by atoms with E-state index in [-0.39, 0.29) is 0 Å². The van der Waals surface area contributed by atoms with Gasteiger partial charge in [-0.1, -0.05) is 30.3 Å². The molecule has 5 heteroatoms. The van der Waals surface area contributed by atoms with Gasteiger partial charge < -0.3 is 10.2 Å². The average Bonchev–Trinajstić information content (AvgIpc) is 2.66. The predicted molar refractivity (Wildman–Crippen MR) is 101 cm³/mol. The second-order valence-corrected chi connectivity index (χ2v) is 5.90. The lowest BCUT2D eigenvalue weighted by molar-refractivity contribution is 0.787. The molecule has 0 radical (unpaired) electrons. The van der Waals surface area contributed by atoms with E-state index in [1.165, 1.54) is 11.1 Å². The fourth-order valence-electron chi connectivity index (χ4n) is 2.61. The molecule has 0 unspecified atom stereocenters. The van der Waals surface area contributed by atoms with Crippen molar-refractivity contribution >= 4 is 11.8 Å². The lowest BCUT2D eigenvalue weighted by Crippen LogP contribution is -2.24. The summed E-state index contributed by atoms with van der Waals surface area (Å²) in [7, 11) is 0. The Morgan fingerprint density at radius 2 is 1.72 bits per heavy atom. The van der Waals surface area contributed by atoms with E-state index < -0.39 is 0 Å². The first-order valence-electron chi connectivity index (χ1n) is 8.52. The summed E-state index contributed by atoms with van der Waals surface area (Å²) in [6, 6.07) is 16.4. The van der Waals surface area contributed by atoms with Gasteiger partial charge in [0.1, 0.15) is 5.82 Å². The first kappa shape index (κ1) is 16.9. The molecule has 5 nitrogen and oxygen atoms in total. The fraction of sp³-hybridized carbons (Fsp3) is 0.250. The van der Waals surface area contributed by atoms with Crippen molar-refractivity contribution in [3.63, 3.8) is 0 Å². The van der Waals surface area contributed by atoms with Crippen molar-refractivity contribution in [3.8, 4) is 0 Å². The Morgan fingerprint density at radius 3 is 2.44 bits per heavy atom. The van der Waals surface area contributed by atoms with E-state index in [0.29, 0.717) is 6.54 Å². The second-order valence-electron chi connectivity index (χ2n) is 5.90. The zero-order valence-corrected chi connectivity index (χ0v) is 14.7. The minimum Gasteiger partial charge on any atom is -0.366 e. The highest BCUT2D eigenvalue weighted by Gasteiger charge is 2.10. The maximum absolute atomic E-state index is 4.70. The van der Waals surface area contributed by atoms with Crippen LogP contribution in [0.3, 0.4) is 0 Å². The number of hydrogen-bond donors (Lipinski definition) is 1. The first-order valence-corrected chi connectivity index (χ1v) is 8.52. The summed E-state index contributed by atoms with van der Waals surface area (Å²) in [6.45, 7) is 6.48. The molecule has 0 aliphatic heterocycles. The number of aryl methyl sites for hydroxylation is 1. The summed E-state index contributed by atoms with van der Waals surface area (Å²) in [5, 5.41) is 3.38. The van der Waals surface area contributed by atoms with Crippen molar-refractivity contribution in [2.45, 2.75) is 26.9 Å². The van der Waals surface area contributed by atoms with Crippen molar-refractivity contribution < 1.29 is 0 Å². The SMILES string of the molecule is CCN(Cc1ccccc1)c1nc(C)cc(NCc2ccncc2)n1. The van der Waals surface area contributed by atoms with Gasteiger partial charge in [-0.2, -0.15) is 4.98 Å². The number of hydrogen-bond acceptors (Lipinski definition) is 5. The Labute approximate surface area is 148 Å². The van der Waals surface area contributed by atoms with E-state index in [4.69, 9.17) is 4.98 Å². The van der Waals surface area contributed by atoms with Gasteiger partial charge in [-0.05, 0) is 37.1 Å². The van der Waals surface area contributed by atoms with Crippen LogP contribution < -0.4 is 10.2 Å². The number of anilines is 2. The van der Waals surface area contributed by atoms with Gasteiger partial charge >= 0.3 is 0 Å². The van der Waals surface area contributed by atoms with Gasteiger partial charge in [0.15, 0.2) is 0 Å². The molecule has 2 heterocycles.